The number of benzene rings is 1. The molecular formula is C11H8BrClN4O5. The SMILES string of the molecule is Nc1cc(Cl)c([N+](=O)[O-])cc1O.O=[N+]([O-])c1cncc(Br)c1. The molecule has 1 aromatic carbocycles. The van der Waals surface area contributed by atoms with Crippen LogP contribution < -0.4 is 5.73 Å². The van der Waals surface area contributed by atoms with Crippen molar-refractivity contribution in [2.75, 3.05) is 5.73 Å². The number of halogens is 2. The van der Waals surface area contributed by atoms with E-state index in [4.69, 9.17) is 22.4 Å². The third-order valence-corrected chi connectivity index (χ3v) is 2.93. The van der Waals surface area contributed by atoms with Gasteiger partial charge in [-0.1, -0.05) is 11.6 Å². The summed E-state index contributed by atoms with van der Waals surface area (Å²) in [5.74, 6) is -0.342. The van der Waals surface area contributed by atoms with E-state index in [-0.39, 0.29) is 27.8 Å². The van der Waals surface area contributed by atoms with E-state index >= 15 is 0 Å². The van der Waals surface area contributed by atoms with Crippen LogP contribution in [0.5, 0.6) is 5.75 Å². The van der Waals surface area contributed by atoms with Crippen molar-refractivity contribution in [2.45, 2.75) is 0 Å². The topological polar surface area (TPSA) is 145 Å². The van der Waals surface area contributed by atoms with Crippen molar-refractivity contribution in [1.82, 2.24) is 4.98 Å². The summed E-state index contributed by atoms with van der Waals surface area (Å²) in [6.07, 6.45) is 2.69. The summed E-state index contributed by atoms with van der Waals surface area (Å²) in [7, 11) is 0. The normalized spacial score (nSPS) is 9.55. The maximum absolute atomic E-state index is 10.3. The molecule has 116 valence electrons. The highest BCUT2D eigenvalue weighted by atomic mass is 79.9. The van der Waals surface area contributed by atoms with Gasteiger partial charge < -0.3 is 10.8 Å². The second-order valence-corrected chi connectivity index (χ2v) is 5.06. The van der Waals surface area contributed by atoms with Crippen LogP contribution in [0.2, 0.25) is 5.02 Å². The van der Waals surface area contributed by atoms with E-state index in [1.807, 2.05) is 0 Å². The van der Waals surface area contributed by atoms with Gasteiger partial charge in [0.1, 0.15) is 17.0 Å². The molecule has 0 aliphatic rings. The summed E-state index contributed by atoms with van der Waals surface area (Å²) in [5.41, 5.74) is 4.89. The van der Waals surface area contributed by atoms with Gasteiger partial charge in [0.25, 0.3) is 11.4 Å². The van der Waals surface area contributed by atoms with Gasteiger partial charge in [-0.25, -0.2) is 0 Å². The Kier molecular flexibility index (Phi) is 6.01. The van der Waals surface area contributed by atoms with E-state index in [2.05, 4.69) is 20.9 Å². The molecule has 0 atom stereocenters. The lowest BCUT2D eigenvalue weighted by atomic mass is 10.2. The fourth-order valence-electron chi connectivity index (χ4n) is 1.21. The quantitative estimate of drug-likeness (QED) is 0.345. The summed E-state index contributed by atoms with van der Waals surface area (Å²) >= 11 is 8.53. The zero-order valence-corrected chi connectivity index (χ0v) is 13.0. The molecule has 2 rings (SSSR count). The van der Waals surface area contributed by atoms with E-state index < -0.39 is 9.85 Å². The van der Waals surface area contributed by atoms with Gasteiger partial charge in [0.2, 0.25) is 0 Å². The number of pyridine rings is 1. The minimum absolute atomic E-state index is 0.00521. The van der Waals surface area contributed by atoms with Crippen molar-refractivity contribution in [2.24, 2.45) is 0 Å². The largest absolute Gasteiger partial charge is 0.506 e. The van der Waals surface area contributed by atoms with E-state index in [0.717, 1.165) is 12.1 Å². The maximum Gasteiger partial charge on any atom is 0.291 e. The first-order chi connectivity index (χ1) is 10.2. The van der Waals surface area contributed by atoms with Crippen molar-refractivity contribution < 1.29 is 15.0 Å². The molecule has 0 unspecified atom stereocenters. The Balaban J connectivity index is 0.000000224. The fourth-order valence-corrected chi connectivity index (χ4v) is 1.80. The van der Waals surface area contributed by atoms with Crippen molar-refractivity contribution in [3.63, 3.8) is 0 Å². The number of anilines is 1. The van der Waals surface area contributed by atoms with Crippen molar-refractivity contribution in [1.29, 1.82) is 0 Å². The molecule has 9 nitrogen and oxygen atoms in total. The van der Waals surface area contributed by atoms with Crippen molar-refractivity contribution in [3.05, 3.63) is 60.3 Å². The van der Waals surface area contributed by atoms with Crippen LogP contribution in [0.1, 0.15) is 0 Å². The lowest BCUT2D eigenvalue weighted by Crippen LogP contribution is -1.92. The molecule has 0 aliphatic heterocycles. The molecule has 22 heavy (non-hydrogen) atoms. The van der Waals surface area contributed by atoms with E-state index in [1.165, 1.54) is 18.5 Å². The van der Waals surface area contributed by atoms with E-state index in [9.17, 15) is 20.2 Å². The Morgan fingerprint density at radius 3 is 2.27 bits per heavy atom. The Morgan fingerprint density at radius 1 is 1.18 bits per heavy atom. The van der Waals surface area contributed by atoms with Crippen molar-refractivity contribution >= 4 is 44.6 Å². The van der Waals surface area contributed by atoms with Crippen LogP contribution in [0, 0.1) is 20.2 Å². The molecule has 2 aromatic rings. The highest BCUT2D eigenvalue weighted by Crippen LogP contribution is 2.32. The molecule has 0 radical (unpaired) electrons. The molecular weight excluding hydrogens is 384 g/mol. The van der Waals surface area contributed by atoms with Crippen LogP contribution in [0.3, 0.4) is 0 Å². The van der Waals surface area contributed by atoms with Crippen molar-refractivity contribution in [3.8, 4) is 5.75 Å². The Bertz CT molecular complexity index is 728. The molecule has 0 bridgehead atoms. The monoisotopic (exact) mass is 390 g/mol. The first-order valence-corrected chi connectivity index (χ1v) is 6.56. The summed E-state index contributed by atoms with van der Waals surface area (Å²) in [4.78, 5) is 22.8. The molecule has 0 saturated heterocycles. The molecule has 0 fully saturated rings. The zero-order valence-electron chi connectivity index (χ0n) is 10.6. The molecule has 1 heterocycles. The summed E-state index contributed by atoms with van der Waals surface area (Å²) in [5, 5.41) is 29.2. The number of aromatic nitrogens is 1. The second-order valence-electron chi connectivity index (χ2n) is 3.74. The molecule has 3 N–H and O–H groups in total. The number of nitro groups is 2. The molecule has 0 saturated carbocycles. The number of hydrogen-bond acceptors (Lipinski definition) is 7. The van der Waals surface area contributed by atoms with Crippen LogP contribution in [-0.4, -0.2) is 19.9 Å². The predicted molar refractivity (Wildman–Crippen MR) is 82.8 cm³/mol. The van der Waals surface area contributed by atoms with Gasteiger partial charge in [-0.3, -0.25) is 25.2 Å². The van der Waals surface area contributed by atoms with Gasteiger partial charge in [-0.05, 0) is 22.0 Å². The first kappa shape index (κ1) is 17.6. The van der Waals surface area contributed by atoms with Crippen LogP contribution in [0.25, 0.3) is 0 Å². The average Bonchev–Trinajstić information content (AvgIpc) is 2.43. The fraction of sp³-hybridized carbons (Fsp3) is 0. The number of hydrogen-bond donors (Lipinski definition) is 2. The average molecular weight is 392 g/mol. The third-order valence-electron chi connectivity index (χ3n) is 2.19. The number of nitrogen functional groups attached to an aromatic ring is 1. The van der Waals surface area contributed by atoms with Crippen LogP contribution in [-0.2, 0) is 0 Å². The zero-order chi connectivity index (χ0) is 16.9. The Hall–Kier alpha value is -2.46. The molecule has 0 amide bonds. The van der Waals surface area contributed by atoms with E-state index in [1.54, 1.807) is 0 Å². The molecule has 0 aliphatic carbocycles. The van der Waals surface area contributed by atoms with Crippen LogP contribution in [0.4, 0.5) is 17.1 Å². The predicted octanol–water partition coefficient (Wildman–Crippen LogP) is 3.29. The molecule has 0 spiro atoms. The van der Waals surface area contributed by atoms with Gasteiger partial charge in [-0.15, -0.1) is 0 Å². The van der Waals surface area contributed by atoms with E-state index in [0.29, 0.717) is 4.47 Å². The van der Waals surface area contributed by atoms with Gasteiger partial charge >= 0.3 is 0 Å². The van der Waals surface area contributed by atoms with Gasteiger partial charge in [-0.2, -0.15) is 0 Å². The maximum atomic E-state index is 10.3. The summed E-state index contributed by atoms with van der Waals surface area (Å²) < 4.78 is 0.613. The number of aromatic hydroxyl groups is 1. The van der Waals surface area contributed by atoms with Gasteiger partial charge in [0.05, 0.1) is 21.6 Å². The number of phenols is 1. The lowest BCUT2D eigenvalue weighted by Gasteiger charge is -1.99. The number of rotatable bonds is 2. The summed E-state index contributed by atoms with van der Waals surface area (Å²) in [6.45, 7) is 0. The highest BCUT2D eigenvalue weighted by Gasteiger charge is 2.14. The first-order valence-electron chi connectivity index (χ1n) is 5.39. The van der Waals surface area contributed by atoms with Gasteiger partial charge in [0.15, 0.2) is 0 Å². The smallest absolute Gasteiger partial charge is 0.291 e. The number of phenolic OH excluding ortho intramolecular Hbond substituents is 1. The highest BCUT2D eigenvalue weighted by molar-refractivity contribution is 9.10. The number of nitrogens with zero attached hydrogens (tertiary/aromatic N) is 3. The van der Waals surface area contributed by atoms with Crippen LogP contribution in [0.15, 0.2) is 35.1 Å². The number of nitrogens with two attached hydrogens (primary N) is 1. The standard InChI is InChI=1S/C6H5ClN2O3.C5H3BrN2O2/c7-3-1-4(8)6(10)2-5(3)9(11)12;6-4-1-5(8(9)10)3-7-2-4/h1-2,10H,8H2;1-3H. The Labute approximate surface area is 136 Å². The lowest BCUT2D eigenvalue weighted by molar-refractivity contribution is -0.385. The number of nitro benzene ring substituents is 1. The molecule has 11 heteroatoms. The minimum atomic E-state index is -0.693. The Morgan fingerprint density at radius 2 is 1.82 bits per heavy atom. The second kappa shape index (κ2) is 7.52. The molecule has 1 aromatic heterocycles. The van der Waals surface area contributed by atoms with Crippen LogP contribution >= 0.6 is 27.5 Å². The minimum Gasteiger partial charge on any atom is -0.506 e. The van der Waals surface area contributed by atoms with Gasteiger partial charge in [0, 0.05) is 16.7 Å². The summed E-state index contributed by atoms with van der Waals surface area (Å²) in [6, 6.07) is 3.44. The third kappa shape index (κ3) is 4.82.